The summed E-state index contributed by atoms with van der Waals surface area (Å²) in [5.74, 6) is 0.912. The predicted octanol–water partition coefficient (Wildman–Crippen LogP) is 2.28. The van der Waals surface area contributed by atoms with E-state index in [9.17, 15) is 0 Å². The van der Waals surface area contributed by atoms with Gasteiger partial charge in [-0.05, 0) is 43.7 Å². The molecule has 1 aromatic carbocycles. The fraction of sp³-hybridized carbons (Fsp3) is 0.471. The molecule has 3 rings (SSSR count). The van der Waals surface area contributed by atoms with Crippen LogP contribution in [0.2, 0.25) is 0 Å². The van der Waals surface area contributed by atoms with Crippen molar-refractivity contribution in [2.24, 2.45) is 0 Å². The molecular weight excluding hydrogens is 278 g/mol. The Hall–Kier alpha value is -1.85. The molecule has 0 spiro atoms. The lowest BCUT2D eigenvalue weighted by molar-refractivity contribution is 0.0358. The van der Waals surface area contributed by atoms with Gasteiger partial charge in [-0.3, -0.25) is 4.90 Å². The van der Waals surface area contributed by atoms with Crippen LogP contribution in [0.4, 0.5) is 0 Å². The minimum absolute atomic E-state index is 0.748. The molecule has 2 aromatic rings. The van der Waals surface area contributed by atoms with Crippen LogP contribution in [0.25, 0.3) is 5.69 Å². The van der Waals surface area contributed by atoms with E-state index >= 15 is 0 Å². The molecule has 0 aliphatic carbocycles. The zero-order chi connectivity index (χ0) is 15.2. The normalized spacial score (nSPS) is 15.9. The molecule has 5 nitrogen and oxygen atoms in total. The number of nitrogens with zero attached hydrogens (tertiary/aromatic N) is 3. The maximum atomic E-state index is 5.81. The van der Waals surface area contributed by atoms with Crippen molar-refractivity contribution in [3.05, 3.63) is 42.2 Å². The van der Waals surface area contributed by atoms with Gasteiger partial charge in [0, 0.05) is 25.8 Å². The lowest BCUT2D eigenvalue weighted by Crippen LogP contribution is -2.37. The van der Waals surface area contributed by atoms with Gasteiger partial charge in [-0.25, -0.2) is 4.68 Å². The number of hydrogen-bond donors (Lipinski definition) is 0. The van der Waals surface area contributed by atoms with Crippen LogP contribution in [0.1, 0.15) is 12.1 Å². The summed E-state index contributed by atoms with van der Waals surface area (Å²) >= 11 is 0. The van der Waals surface area contributed by atoms with Crippen LogP contribution in [-0.4, -0.2) is 54.1 Å². The third-order valence-electron chi connectivity index (χ3n) is 3.81. The largest absolute Gasteiger partial charge is 0.494 e. The number of aromatic nitrogens is 2. The van der Waals surface area contributed by atoms with Crippen LogP contribution in [0.3, 0.4) is 0 Å². The first-order chi connectivity index (χ1) is 10.8. The van der Waals surface area contributed by atoms with Crippen LogP contribution < -0.4 is 4.74 Å². The van der Waals surface area contributed by atoms with Crippen LogP contribution >= 0.6 is 0 Å². The van der Waals surface area contributed by atoms with Gasteiger partial charge in [0.15, 0.2) is 0 Å². The van der Waals surface area contributed by atoms with Crippen molar-refractivity contribution in [3.63, 3.8) is 0 Å². The highest BCUT2D eigenvalue weighted by Crippen LogP contribution is 2.15. The Bertz CT molecular complexity index is 574. The Labute approximate surface area is 131 Å². The molecule has 5 heteroatoms. The molecule has 0 atom stereocenters. The first-order valence-electron chi connectivity index (χ1n) is 7.87. The maximum Gasteiger partial charge on any atom is 0.119 e. The van der Waals surface area contributed by atoms with Crippen molar-refractivity contribution in [3.8, 4) is 11.4 Å². The van der Waals surface area contributed by atoms with Crippen molar-refractivity contribution in [1.29, 1.82) is 0 Å². The van der Waals surface area contributed by atoms with E-state index in [4.69, 9.17) is 9.47 Å². The third kappa shape index (κ3) is 4.08. The molecule has 0 bridgehead atoms. The first kappa shape index (κ1) is 15.1. The summed E-state index contributed by atoms with van der Waals surface area (Å²) in [6, 6.07) is 10.1. The highest BCUT2D eigenvalue weighted by atomic mass is 16.5. The predicted molar refractivity (Wildman–Crippen MR) is 85.7 cm³/mol. The number of benzene rings is 1. The topological polar surface area (TPSA) is 39.5 Å². The average molecular weight is 301 g/mol. The molecule has 118 valence electrons. The highest BCUT2D eigenvalue weighted by Gasteiger charge is 2.09. The Morgan fingerprint density at radius 3 is 2.59 bits per heavy atom. The van der Waals surface area contributed by atoms with Gasteiger partial charge < -0.3 is 9.47 Å². The van der Waals surface area contributed by atoms with Gasteiger partial charge >= 0.3 is 0 Å². The van der Waals surface area contributed by atoms with Gasteiger partial charge in [-0.1, -0.05) is 0 Å². The van der Waals surface area contributed by atoms with E-state index in [1.54, 1.807) is 0 Å². The monoisotopic (exact) mass is 301 g/mol. The molecule has 0 unspecified atom stereocenters. The Kier molecular flexibility index (Phi) is 5.08. The molecule has 1 aliphatic rings. The minimum atomic E-state index is 0.748. The van der Waals surface area contributed by atoms with Crippen LogP contribution in [0.5, 0.6) is 5.75 Å². The summed E-state index contributed by atoms with van der Waals surface area (Å²) in [4.78, 5) is 2.43. The number of rotatable bonds is 6. The van der Waals surface area contributed by atoms with E-state index in [1.165, 1.54) is 0 Å². The summed E-state index contributed by atoms with van der Waals surface area (Å²) in [5, 5.41) is 4.40. The third-order valence-corrected chi connectivity index (χ3v) is 3.81. The lowest BCUT2D eigenvalue weighted by atomic mass is 10.3. The van der Waals surface area contributed by atoms with E-state index in [-0.39, 0.29) is 0 Å². The Morgan fingerprint density at radius 2 is 1.91 bits per heavy atom. The molecular formula is C17H23N3O2. The quantitative estimate of drug-likeness (QED) is 0.768. The number of morpholine rings is 1. The molecule has 1 aromatic heterocycles. The summed E-state index contributed by atoms with van der Waals surface area (Å²) in [6.07, 6.45) is 3.01. The summed E-state index contributed by atoms with van der Waals surface area (Å²) in [7, 11) is 0. The van der Waals surface area contributed by atoms with Gasteiger partial charge in [0.2, 0.25) is 0 Å². The van der Waals surface area contributed by atoms with Crippen molar-refractivity contribution in [2.75, 3.05) is 39.5 Å². The Morgan fingerprint density at radius 1 is 1.14 bits per heavy atom. The minimum Gasteiger partial charge on any atom is -0.494 e. The van der Waals surface area contributed by atoms with Crippen molar-refractivity contribution in [2.45, 2.75) is 13.3 Å². The van der Waals surface area contributed by atoms with E-state index in [0.29, 0.717) is 0 Å². The zero-order valence-electron chi connectivity index (χ0n) is 13.1. The molecule has 1 aliphatic heterocycles. The standard InChI is InChI=1S/C17H23N3O2/c1-15-7-9-20(18-15)16-3-5-17(6-4-16)22-12-2-8-19-10-13-21-14-11-19/h3-7,9H,2,8,10-14H2,1H3. The Balaban J connectivity index is 1.43. The molecule has 0 N–H and O–H groups in total. The van der Waals surface area contributed by atoms with Gasteiger partial charge in [-0.15, -0.1) is 0 Å². The van der Waals surface area contributed by atoms with Gasteiger partial charge in [-0.2, -0.15) is 5.10 Å². The fourth-order valence-corrected chi connectivity index (χ4v) is 2.56. The van der Waals surface area contributed by atoms with E-state index in [0.717, 1.165) is 63.0 Å². The molecule has 1 saturated heterocycles. The van der Waals surface area contributed by atoms with Gasteiger partial charge in [0.25, 0.3) is 0 Å². The van der Waals surface area contributed by atoms with Crippen LogP contribution in [-0.2, 0) is 4.74 Å². The number of ether oxygens (including phenoxy) is 2. The summed E-state index contributed by atoms with van der Waals surface area (Å²) in [5.41, 5.74) is 2.07. The molecule has 0 radical (unpaired) electrons. The number of aryl methyl sites for hydroxylation is 1. The van der Waals surface area contributed by atoms with Crippen molar-refractivity contribution >= 4 is 0 Å². The molecule has 2 heterocycles. The second kappa shape index (κ2) is 7.42. The molecule has 0 amide bonds. The van der Waals surface area contributed by atoms with Crippen LogP contribution in [0.15, 0.2) is 36.5 Å². The van der Waals surface area contributed by atoms with Crippen molar-refractivity contribution < 1.29 is 9.47 Å². The van der Waals surface area contributed by atoms with Crippen molar-refractivity contribution in [1.82, 2.24) is 14.7 Å². The fourth-order valence-electron chi connectivity index (χ4n) is 2.56. The smallest absolute Gasteiger partial charge is 0.119 e. The number of hydrogen-bond acceptors (Lipinski definition) is 4. The molecule has 0 saturated carbocycles. The van der Waals surface area contributed by atoms with Gasteiger partial charge in [0.1, 0.15) is 5.75 Å². The lowest BCUT2D eigenvalue weighted by Gasteiger charge is -2.26. The van der Waals surface area contributed by atoms with Crippen LogP contribution in [0, 0.1) is 6.92 Å². The SMILES string of the molecule is Cc1ccn(-c2ccc(OCCCN3CCOCC3)cc2)n1. The second-order valence-electron chi connectivity index (χ2n) is 5.55. The maximum absolute atomic E-state index is 5.81. The average Bonchev–Trinajstić information content (AvgIpc) is 3.00. The first-order valence-corrected chi connectivity index (χ1v) is 7.87. The molecule has 1 fully saturated rings. The summed E-state index contributed by atoms with van der Waals surface area (Å²) < 4.78 is 13.0. The molecule has 22 heavy (non-hydrogen) atoms. The van der Waals surface area contributed by atoms with E-state index < -0.39 is 0 Å². The van der Waals surface area contributed by atoms with Gasteiger partial charge in [0.05, 0.1) is 31.2 Å². The van der Waals surface area contributed by atoms with E-state index in [2.05, 4.69) is 10.00 Å². The highest BCUT2D eigenvalue weighted by molar-refractivity contribution is 5.36. The second-order valence-corrected chi connectivity index (χ2v) is 5.55. The summed E-state index contributed by atoms with van der Waals surface area (Å²) in [6.45, 7) is 7.61. The zero-order valence-corrected chi connectivity index (χ0v) is 13.1. The van der Waals surface area contributed by atoms with E-state index in [1.807, 2.05) is 48.1 Å².